The highest BCUT2D eigenvalue weighted by Crippen LogP contribution is 2.78. The van der Waals surface area contributed by atoms with Crippen LogP contribution in [0.4, 0.5) is 0 Å². The van der Waals surface area contributed by atoms with Crippen LogP contribution >= 0.6 is 15.9 Å². The van der Waals surface area contributed by atoms with Crippen molar-refractivity contribution in [2.24, 2.45) is 56.2 Å². The van der Waals surface area contributed by atoms with Gasteiger partial charge in [-0.2, -0.15) is 0 Å². The summed E-state index contributed by atoms with van der Waals surface area (Å²) >= 11 is 3.93. The molecule has 1 saturated heterocycles. The van der Waals surface area contributed by atoms with E-state index in [1.807, 2.05) is 0 Å². The van der Waals surface area contributed by atoms with Gasteiger partial charge in [-0.15, -0.1) is 0 Å². The summed E-state index contributed by atoms with van der Waals surface area (Å²) in [6, 6.07) is 0. The first kappa shape index (κ1) is 23.8. The lowest BCUT2D eigenvalue weighted by molar-refractivity contribution is -0.248. The van der Waals surface area contributed by atoms with Crippen LogP contribution in [0.25, 0.3) is 0 Å². The Labute approximate surface area is 211 Å². The van der Waals surface area contributed by atoms with Crippen LogP contribution in [0.1, 0.15) is 106 Å². The van der Waals surface area contributed by atoms with Gasteiger partial charge in [0, 0.05) is 4.83 Å². The molecule has 0 unspecified atom stereocenters. The van der Waals surface area contributed by atoms with E-state index in [1.165, 1.54) is 51.4 Å². The van der Waals surface area contributed by atoms with E-state index in [1.54, 1.807) is 0 Å². The van der Waals surface area contributed by atoms with E-state index in [0.29, 0.717) is 33.7 Å². The van der Waals surface area contributed by atoms with Crippen LogP contribution in [0.2, 0.25) is 0 Å². The Balaban J connectivity index is 1.40. The minimum Gasteiger partial charge on any atom is -0.392 e. The fraction of sp³-hybridized carbons (Fsp3) is 1.00. The van der Waals surface area contributed by atoms with Crippen LogP contribution in [0.3, 0.4) is 0 Å². The minimum absolute atomic E-state index is 0.141. The third kappa shape index (κ3) is 2.70. The first-order chi connectivity index (χ1) is 15.2. The zero-order valence-electron chi connectivity index (χ0n) is 22.3. The Bertz CT molecular complexity index is 837. The number of hydrogen-bond acceptors (Lipinski definition) is 2. The van der Waals surface area contributed by atoms with Crippen LogP contribution in [0.15, 0.2) is 0 Å². The average Bonchev–Trinajstić information content (AvgIpc) is 3.06. The number of alkyl halides is 1. The highest BCUT2D eigenvalue weighted by atomic mass is 79.9. The van der Waals surface area contributed by atoms with Gasteiger partial charge in [0.25, 0.3) is 0 Å². The standard InChI is InChI=1S/C30H49BrO2/c1-25(2)12-14-30-15-13-28(6)18(22(30)24(25)33-17-30)8-9-21-27(5)16-19(32)23(31)26(3,4)20(27)10-11-29(21,28)7/h18-24,32H,8-17H2,1-7H3/t18-,19+,20+,21-,22-,23-,24-,27+,28-,29-,30-/m1/s1. The molecule has 0 radical (unpaired) electrons. The van der Waals surface area contributed by atoms with E-state index in [2.05, 4.69) is 64.4 Å². The molecule has 3 heteroatoms. The summed E-state index contributed by atoms with van der Waals surface area (Å²) in [5.41, 5.74) is 1.96. The monoisotopic (exact) mass is 520 g/mol. The second-order valence-electron chi connectivity index (χ2n) is 15.8. The molecular formula is C30H49BrO2. The molecule has 1 aliphatic heterocycles. The Kier molecular flexibility index (Phi) is 4.92. The number of halogens is 1. The van der Waals surface area contributed by atoms with Crippen molar-refractivity contribution in [1.82, 2.24) is 0 Å². The molecule has 0 amide bonds. The molecule has 1 N–H and O–H groups in total. The first-order valence-corrected chi connectivity index (χ1v) is 15.1. The summed E-state index contributed by atoms with van der Waals surface area (Å²) in [4.78, 5) is 0.214. The largest absolute Gasteiger partial charge is 0.392 e. The molecule has 6 fully saturated rings. The molecule has 0 aromatic carbocycles. The van der Waals surface area contributed by atoms with Crippen molar-refractivity contribution in [3.63, 3.8) is 0 Å². The topological polar surface area (TPSA) is 29.5 Å². The van der Waals surface area contributed by atoms with Crippen LogP contribution in [0.5, 0.6) is 0 Å². The lowest BCUT2D eigenvalue weighted by Gasteiger charge is -2.73. The van der Waals surface area contributed by atoms with Crippen molar-refractivity contribution in [3.8, 4) is 0 Å². The molecule has 5 aliphatic carbocycles. The summed E-state index contributed by atoms with van der Waals surface area (Å²) in [7, 11) is 0. The molecule has 2 nitrogen and oxygen atoms in total. The fourth-order valence-corrected chi connectivity index (χ4v) is 12.6. The van der Waals surface area contributed by atoms with Crippen LogP contribution < -0.4 is 0 Å². The zero-order valence-corrected chi connectivity index (χ0v) is 23.9. The lowest BCUT2D eigenvalue weighted by atomic mass is 9.31. The van der Waals surface area contributed by atoms with Gasteiger partial charge in [0.2, 0.25) is 0 Å². The Morgan fingerprint density at radius 2 is 1.48 bits per heavy atom. The van der Waals surface area contributed by atoms with Gasteiger partial charge in [0.05, 0.1) is 18.8 Å². The van der Waals surface area contributed by atoms with Crippen molar-refractivity contribution >= 4 is 15.9 Å². The van der Waals surface area contributed by atoms with Gasteiger partial charge >= 0.3 is 0 Å². The molecule has 6 aliphatic rings. The minimum atomic E-state index is -0.229. The predicted octanol–water partition coefficient (Wildman–Crippen LogP) is 7.61. The van der Waals surface area contributed by atoms with E-state index < -0.39 is 0 Å². The quantitative estimate of drug-likeness (QED) is 0.333. The third-order valence-corrected chi connectivity index (χ3v) is 15.8. The molecule has 1 heterocycles. The molecule has 33 heavy (non-hydrogen) atoms. The van der Waals surface area contributed by atoms with Crippen molar-refractivity contribution in [1.29, 1.82) is 0 Å². The predicted molar refractivity (Wildman–Crippen MR) is 138 cm³/mol. The second-order valence-corrected chi connectivity index (χ2v) is 16.8. The molecule has 11 atom stereocenters. The second kappa shape index (κ2) is 6.83. The number of fused-ring (bicyclic) bond motifs is 5. The molecule has 5 saturated carbocycles. The SMILES string of the molecule is CC1(C)CC[C@]23CC[C@]4(C)[C@H](CC[C@@H]5[C@@]6(C)C[C@H](O)[C@@H](Br)C(C)(C)[C@@H]6CC[C@]54C)[C@@H]2[C@H]1OC3. The van der Waals surface area contributed by atoms with Crippen LogP contribution in [-0.4, -0.2) is 28.7 Å². The maximum Gasteiger partial charge on any atom is 0.0675 e. The van der Waals surface area contributed by atoms with Crippen molar-refractivity contribution in [2.75, 3.05) is 6.61 Å². The smallest absolute Gasteiger partial charge is 0.0675 e. The third-order valence-electron chi connectivity index (χ3n) is 14.0. The molecular weight excluding hydrogens is 472 g/mol. The van der Waals surface area contributed by atoms with Gasteiger partial charge in [0.1, 0.15) is 0 Å². The maximum atomic E-state index is 11.2. The lowest BCUT2D eigenvalue weighted by Crippen LogP contribution is -2.68. The van der Waals surface area contributed by atoms with Gasteiger partial charge < -0.3 is 9.84 Å². The molecule has 0 aromatic heterocycles. The van der Waals surface area contributed by atoms with E-state index in [0.717, 1.165) is 30.8 Å². The zero-order chi connectivity index (χ0) is 23.8. The van der Waals surface area contributed by atoms with E-state index in [4.69, 9.17) is 4.74 Å². The van der Waals surface area contributed by atoms with Crippen molar-refractivity contribution < 1.29 is 9.84 Å². The van der Waals surface area contributed by atoms with Gasteiger partial charge in [0.15, 0.2) is 0 Å². The van der Waals surface area contributed by atoms with E-state index >= 15 is 0 Å². The summed E-state index contributed by atoms with van der Waals surface area (Å²) in [6.45, 7) is 18.9. The number of aliphatic hydroxyl groups is 1. The Morgan fingerprint density at radius 3 is 2.21 bits per heavy atom. The summed E-state index contributed by atoms with van der Waals surface area (Å²) < 4.78 is 6.71. The maximum absolute atomic E-state index is 11.2. The van der Waals surface area contributed by atoms with Crippen LogP contribution in [0, 0.1) is 56.2 Å². The summed E-state index contributed by atoms with van der Waals surface area (Å²) in [6.07, 6.45) is 12.2. The van der Waals surface area contributed by atoms with Crippen molar-refractivity contribution in [2.45, 2.75) is 123 Å². The highest BCUT2D eigenvalue weighted by Gasteiger charge is 2.73. The van der Waals surface area contributed by atoms with Gasteiger partial charge in [-0.25, -0.2) is 0 Å². The van der Waals surface area contributed by atoms with Gasteiger partial charge in [-0.3, -0.25) is 0 Å². The first-order valence-electron chi connectivity index (χ1n) is 14.2. The molecule has 0 aromatic rings. The van der Waals surface area contributed by atoms with Gasteiger partial charge in [-0.05, 0) is 114 Å². The Hall–Kier alpha value is 0.400. The van der Waals surface area contributed by atoms with E-state index in [-0.39, 0.29) is 21.8 Å². The molecule has 2 bridgehead atoms. The molecule has 0 spiro atoms. The van der Waals surface area contributed by atoms with E-state index in [9.17, 15) is 5.11 Å². The summed E-state index contributed by atoms with van der Waals surface area (Å²) in [5, 5.41) is 11.2. The number of rotatable bonds is 0. The molecule has 188 valence electrons. The molecule has 6 rings (SSSR count). The number of aliphatic hydroxyl groups excluding tert-OH is 1. The normalized spacial score (nSPS) is 60.8. The number of ether oxygens (including phenoxy) is 1. The highest BCUT2D eigenvalue weighted by molar-refractivity contribution is 9.09. The number of hydrogen-bond donors (Lipinski definition) is 1. The average molecular weight is 522 g/mol. The fourth-order valence-electron chi connectivity index (χ4n) is 12.1. The Morgan fingerprint density at radius 1 is 0.788 bits per heavy atom. The summed E-state index contributed by atoms with van der Waals surface area (Å²) in [5.74, 6) is 3.00. The van der Waals surface area contributed by atoms with Crippen molar-refractivity contribution in [3.05, 3.63) is 0 Å². The van der Waals surface area contributed by atoms with Gasteiger partial charge in [-0.1, -0.05) is 64.4 Å². The van der Waals surface area contributed by atoms with Crippen LogP contribution in [-0.2, 0) is 4.74 Å².